The number of hydrogen-bond acceptors (Lipinski definition) is 13. The Morgan fingerprint density at radius 1 is 0.460 bits per heavy atom. The van der Waals surface area contributed by atoms with E-state index in [2.05, 4.69) is 181 Å². The van der Waals surface area contributed by atoms with Crippen LogP contribution in [-0.2, 0) is 0 Å². The van der Waals surface area contributed by atoms with Crippen LogP contribution in [0.15, 0.2) is 192 Å². The van der Waals surface area contributed by atoms with Crippen LogP contribution in [0.5, 0.6) is 5.75 Å². The van der Waals surface area contributed by atoms with E-state index in [0.29, 0.717) is 0 Å². The fourth-order valence-corrected chi connectivity index (χ4v) is 16.9. The van der Waals surface area contributed by atoms with Crippen LogP contribution in [0.3, 0.4) is 0 Å². The van der Waals surface area contributed by atoms with Crippen molar-refractivity contribution in [3.05, 3.63) is 289 Å². The van der Waals surface area contributed by atoms with E-state index in [1.165, 1.54) is 82.6 Å². The van der Waals surface area contributed by atoms with Crippen molar-refractivity contribution in [3.8, 4) is 74.5 Å². The van der Waals surface area contributed by atoms with Crippen LogP contribution >= 0.6 is 0 Å². The van der Waals surface area contributed by atoms with E-state index >= 15 is 8.78 Å². The molecule has 0 aromatic heterocycles. The Kier molecular flexibility index (Phi) is 22.4. The summed E-state index contributed by atoms with van der Waals surface area (Å²) in [7, 11) is 19.2. The molecule has 8 aromatic rings. The van der Waals surface area contributed by atoms with Crippen molar-refractivity contribution < 1.29 is 63.1 Å². The molecule has 113 heavy (non-hydrogen) atoms. The van der Waals surface area contributed by atoms with Crippen LogP contribution in [0.2, 0.25) is 0 Å². The van der Waals surface area contributed by atoms with E-state index in [1.807, 2.05) is 31.2 Å². The predicted octanol–water partition coefficient (Wildman–Crippen LogP) is 16.2. The summed E-state index contributed by atoms with van der Waals surface area (Å²) in [4.78, 5) is 19.3. The van der Waals surface area contributed by atoms with E-state index in [1.54, 1.807) is 37.5 Å². The number of nitrogens with zero attached hydrogens (tertiary/aromatic N) is 13. The smallest absolute Gasteiger partial charge is 0.811 e. The molecule has 0 N–H and O–H groups in total. The summed E-state index contributed by atoms with van der Waals surface area (Å²) in [6, 6.07) is 40.5. The summed E-state index contributed by atoms with van der Waals surface area (Å²) in [6.07, 6.45) is 23.8. The molecule has 16 rings (SSSR count). The molecule has 5 heterocycles. The van der Waals surface area contributed by atoms with Crippen LogP contribution in [0.25, 0.3) is 67.1 Å². The molecule has 566 valence electrons. The zero-order valence-electron chi connectivity index (χ0n) is 64.2. The molecule has 8 aromatic carbocycles. The molecular formula is C89H75F9LiN13O. The van der Waals surface area contributed by atoms with Crippen molar-refractivity contribution in [1.29, 1.82) is 21.0 Å². The van der Waals surface area contributed by atoms with Crippen LogP contribution in [0.1, 0.15) is 71.0 Å². The minimum Gasteiger partial charge on any atom is -0.811 e. The SMILES string of the molecule is CN(C)C1=CC2=C3C=C(N(C)C)C=CN3CCCN2C=C1.CN1c2ccccc2N(C)C12CCCCC21N(C)c2ccccc2N1C.COc1cccc(/C=C\C=[N-])c1C.Cc1c(F)c(F)c(-c2ccc3c(c2)C(=C(C#N)C#N)c2cc4c(cc2-3)C(=C(C#N)C#N)c2cc(-c3c(F)c(F)c(F)c(F)c3F)ccc2-4)c(F)c1F.[Li+]. The molecule has 0 unspecified atom stereocenters. The zero-order valence-corrected chi connectivity index (χ0v) is 64.2. The topological polar surface area (TPSA) is 153 Å². The Balaban J connectivity index is 0.000000160. The third-order valence-electron chi connectivity index (χ3n) is 22.5. The van der Waals surface area contributed by atoms with Crippen molar-refractivity contribution >= 4 is 46.2 Å². The maximum atomic E-state index is 15.1. The minimum atomic E-state index is -2.36. The molecule has 0 amide bonds. The average Bonchev–Trinajstić information content (AvgIpc) is 1.51. The van der Waals surface area contributed by atoms with Crippen molar-refractivity contribution in [1.82, 2.24) is 19.6 Å². The van der Waals surface area contributed by atoms with Crippen molar-refractivity contribution in [3.63, 3.8) is 0 Å². The molecular weight excluding hydrogens is 1440 g/mol. The number of para-hydroxylation sites is 4. The normalized spacial score (nSPS) is 15.6. The summed E-state index contributed by atoms with van der Waals surface area (Å²) >= 11 is 0. The fraction of sp³-hybridized carbons (Fsp3) is 0.225. The Hall–Kier alpha value is -12.5. The van der Waals surface area contributed by atoms with E-state index in [9.17, 15) is 51.8 Å². The first kappa shape index (κ1) is 80.0. The van der Waals surface area contributed by atoms with E-state index in [4.69, 9.17) is 10.1 Å². The van der Waals surface area contributed by atoms with Gasteiger partial charge in [-0.15, -0.1) is 0 Å². The molecule has 2 spiro atoms. The van der Waals surface area contributed by atoms with Crippen molar-refractivity contribution in [2.45, 2.75) is 57.3 Å². The molecule has 0 atom stereocenters. The molecule has 0 radical (unpaired) electrons. The predicted molar refractivity (Wildman–Crippen MR) is 421 cm³/mol. The van der Waals surface area contributed by atoms with Gasteiger partial charge in [0.05, 0.1) is 52.4 Å². The molecule has 14 nitrogen and oxygen atoms in total. The summed E-state index contributed by atoms with van der Waals surface area (Å²) in [5.41, 5.74) is 8.84. The second-order valence-corrected chi connectivity index (χ2v) is 28.4. The molecule has 3 aliphatic carbocycles. The van der Waals surface area contributed by atoms with Gasteiger partial charge in [-0.05, 0) is 192 Å². The number of hydrogen-bond donors (Lipinski definition) is 0. The van der Waals surface area contributed by atoms with Crippen LogP contribution < -0.4 is 43.2 Å². The van der Waals surface area contributed by atoms with Crippen LogP contribution in [0.4, 0.5) is 62.3 Å². The Morgan fingerprint density at radius 3 is 1.19 bits per heavy atom. The number of benzene rings is 8. The van der Waals surface area contributed by atoms with Gasteiger partial charge in [0, 0.05) is 110 Å². The molecule has 24 heteroatoms. The third-order valence-corrected chi connectivity index (χ3v) is 22.5. The fourth-order valence-electron chi connectivity index (χ4n) is 16.9. The number of allylic oxidation sites excluding steroid dienone is 7. The summed E-state index contributed by atoms with van der Waals surface area (Å²) in [6.45, 7) is 4.98. The number of nitriles is 4. The largest absolute Gasteiger partial charge is 1.00 e. The number of methoxy groups -OCH3 is 1. The molecule has 5 aliphatic heterocycles. The van der Waals surface area contributed by atoms with Gasteiger partial charge in [-0.3, -0.25) is 0 Å². The van der Waals surface area contributed by atoms with Gasteiger partial charge in [0.25, 0.3) is 0 Å². The minimum absolute atomic E-state index is 0. The second kappa shape index (κ2) is 31.7. The maximum absolute atomic E-state index is 15.1. The van der Waals surface area contributed by atoms with Gasteiger partial charge >= 0.3 is 18.9 Å². The second-order valence-electron chi connectivity index (χ2n) is 28.4. The number of fused-ring (bicyclic) bond motifs is 11. The molecule has 1 fully saturated rings. The van der Waals surface area contributed by atoms with Gasteiger partial charge in [0.15, 0.2) is 57.9 Å². The first-order valence-corrected chi connectivity index (χ1v) is 36.0. The van der Waals surface area contributed by atoms with E-state index in [0.717, 1.165) is 86.6 Å². The maximum Gasteiger partial charge on any atom is 1.00 e. The van der Waals surface area contributed by atoms with Crippen molar-refractivity contribution in [2.24, 2.45) is 0 Å². The third kappa shape index (κ3) is 13.0. The Labute approximate surface area is 662 Å². The molecule has 0 bridgehead atoms. The summed E-state index contributed by atoms with van der Waals surface area (Å²) in [5, 5.41) is 48.1. The monoisotopic (exact) mass is 1520 g/mol. The number of ether oxygens (including phenoxy) is 1. The molecule has 1 saturated carbocycles. The van der Waals surface area contributed by atoms with Gasteiger partial charge in [0.2, 0.25) is 5.82 Å². The number of rotatable bonds is 7. The number of halogens is 9. The van der Waals surface area contributed by atoms with Gasteiger partial charge in [-0.2, -0.15) is 27.3 Å². The standard InChI is InChI=1S/C39H11F9N4.C22H28N4.C17H24N4.C11H12NO.Li/c1-14-31(40)33(42)29(34(43)32(14)41)15-2-4-19-21-8-26-22(9-25(21)27(23(19)6-15)17(10-49)11-50)20-5-3-16(7-24(20)28(26)18(12-51)13-52)30-35(44)37(46)39(48)38(47)36(30)45;1-23-17-11-5-6-12-18(17)24(2)21(23)15-9-10-16-22(21)25(3)19-13-7-8-14-20(19)26(22)4;1-18(2)14-6-10-20-8-5-9-21-11-7-15(19(3)4)13-17(21)16(20)12-14;1-9-10(6-4-8-12)5-3-7-11(9)13-2;/h2-9H,1H3;5-8,11-14H,9-10,15-16H2,1-4H3;6-7,10-13H,5,8-9H2,1-4H3;3-8H,1-2H3;/q;;;-1;+1/b;;;6-4-;. The van der Waals surface area contributed by atoms with Crippen LogP contribution in [0, 0.1) is 112 Å². The van der Waals surface area contributed by atoms with Gasteiger partial charge in [-0.25, -0.2) is 39.5 Å². The molecule has 0 saturated heterocycles. The first-order chi connectivity index (χ1) is 53.7. The quantitative estimate of drug-likeness (QED) is 0.0372. The first-order valence-electron chi connectivity index (χ1n) is 36.0. The van der Waals surface area contributed by atoms with Gasteiger partial charge in [0.1, 0.15) is 41.2 Å². The molecule has 8 aliphatic rings. The average molecular weight is 1520 g/mol. The van der Waals surface area contributed by atoms with Crippen molar-refractivity contribution in [2.75, 3.05) is 96.2 Å². The van der Waals surface area contributed by atoms with Crippen LogP contribution in [-0.4, -0.2) is 114 Å². The zero-order chi connectivity index (χ0) is 80.3. The number of anilines is 4. The van der Waals surface area contributed by atoms with E-state index in [-0.39, 0.29) is 91.4 Å². The summed E-state index contributed by atoms with van der Waals surface area (Å²) < 4.78 is 136. The van der Waals surface area contributed by atoms with E-state index < -0.39 is 85.8 Å². The summed E-state index contributed by atoms with van der Waals surface area (Å²) in [5.74, 6) is -16.7. The van der Waals surface area contributed by atoms with Gasteiger partial charge in [-0.1, -0.05) is 72.8 Å². The Morgan fingerprint density at radius 2 is 0.832 bits per heavy atom. The number of likely N-dealkylation sites (N-methyl/N-ethyl adjacent to an activating group) is 6. The Bertz CT molecular complexity index is 5290. The van der Waals surface area contributed by atoms with Gasteiger partial charge < -0.3 is 49.3 Å².